The molecule has 1 aromatic heterocycles. The number of nitrogens with two attached hydrogens (primary N) is 1. The van der Waals surface area contributed by atoms with Crippen molar-refractivity contribution in [2.75, 3.05) is 11.9 Å². The van der Waals surface area contributed by atoms with Crippen molar-refractivity contribution >= 4 is 23.7 Å². The van der Waals surface area contributed by atoms with Crippen LogP contribution in [-0.2, 0) is 4.79 Å². The SMILES string of the molecule is CCC(CC)(CNC(=O)Nc1cccc(C(N)=O)n1)C(=O)O. The van der Waals surface area contributed by atoms with Crippen LogP contribution in [0.4, 0.5) is 10.6 Å². The molecule has 0 aliphatic heterocycles. The van der Waals surface area contributed by atoms with E-state index in [1.54, 1.807) is 13.8 Å². The van der Waals surface area contributed by atoms with Gasteiger partial charge in [0.2, 0.25) is 0 Å². The number of hydrogen-bond donors (Lipinski definition) is 4. The molecule has 8 nitrogen and oxygen atoms in total. The van der Waals surface area contributed by atoms with E-state index in [1.807, 2.05) is 0 Å². The third-order valence-corrected chi connectivity index (χ3v) is 3.64. The van der Waals surface area contributed by atoms with Crippen LogP contribution in [0.1, 0.15) is 37.2 Å². The molecule has 0 fully saturated rings. The molecule has 0 saturated heterocycles. The maximum absolute atomic E-state index is 11.8. The van der Waals surface area contributed by atoms with Crippen molar-refractivity contribution in [3.63, 3.8) is 0 Å². The number of pyridine rings is 1. The number of carboxylic acids is 1. The van der Waals surface area contributed by atoms with Crippen LogP contribution in [0, 0.1) is 5.41 Å². The van der Waals surface area contributed by atoms with E-state index in [2.05, 4.69) is 15.6 Å². The van der Waals surface area contributed by atoms with Crippen LogP contribution in [-0.4, -0.2) is 34.5 Å². The number of rotatable bonds is 7. The second kappa shape index (κ2) is 7.39. The smallest absolute Gasteiger partial charge is 0.320 e. The normalized spacial score (nSPS) is 10.8. The molecule has 0 unspecified atom stereocenters. The summed E-state index contributed by atoms with van der Waals surface area (Å²) >= 11 is 0. The molecule has 3 amide bonds. The quantitative estimate of drug-likeness (QED) is 0.600. The fourth-order valence-corrected chi connectivity index (χ4v) is 1.93. The summed E-state index contributed by atoms with van der Waals surface area (Å²) in [5, 5.41) is 14.2. The second-order valence-electron chi connectivity index (χ2n) is 4.87. The summed E-state index contributed by atoms with van der Waals surface area (Å²) in [4.78, 5) is 38.0. The highest BCUT2D eigenvalue weighted by Gasteiger charge is 2.35. The molecule has 1 aromatic rings. The topological polar surface area (TPSA) is 134 Å². The predicted octanol–water partition coefficient (Wildman–Crippen LogP) is 1.19. The van der Waals surface area contributed by atoms with E-state index >= 15 is 0 Å². The molecule has 1 heterocycles. The molecular weight excluding hydrogens is 288 g/mol. The summed E-state index contributed by atoms with van der Waals surface area (Å²) in [6, 6.07) is 3.86. The molecule has 5 N–H and O–H groups in total. The van der Waals surface area contributed by atoms with Gasteiger partial charge in [-0.1, -0.05) is 19.9 Å². The Labute approximate surface area is 128 Å². The summed E-state index contributed by atoms with van der Waals surface area (Å²) in [5.74, 6) is -1.50. The van der Waals surface area contributed by atoms with Gasteiger partial charge in [-0.2, -0.15) is 0 Å². The van der Waals surface area contributed by atoms with Gasteiger partial charge >= 0.3 is 12.0 Å². The molecule has 120 valence electrons. The lowest BCUT2D eigenvalue weighted by Gasteiger charge is -2.26. The molecule has 22 heavy (non-hydrogen) atoms. The van der Waals surface area contributed by atoms with Gasteiger partial charge in [0, 0.05) is 6.54 Å². The number of carbonyl (C=O) groups excluding carboxylic acids is 2. The molecular formula is C14H20N4O4. The second-order valence-corrected chi connectivity index (χ2v) is 4.87. The van der Waals surface area contributed by atoms with Crippen LogP contribution in [0.5, 0.6) is 0 Å². The first-order chi connectivity index (χ1) is 10.3. The van der Waals surface area contributed by atoms with E-state index < -0.39 is 23.3 Å². The minimum atomic E-state index is -1.00. The highest BCUT2D eigenvalue weighted by molar-refractivity contribution is 5.93. The average molecular weight is 308 g/mol. The van der Waals surface area contributed by atoms with E-state index in [0.717, 1.165) is 0 Å². The fourth-order valence-electron chi connectivity index (χ4n) is 1.93. The van der Waals surface area contributed by atoms with Crippen LogP contribution in [0.2, 0.25) is 0 Å². The van der Waals surface area contributed by atoms with Gasteiger partial charge in [0.05, 0.1) is 5.41 Å². The molecule has 0 spiro atoms. The van der Waals surface area contributed by atoms with Crippen molar-refractivity contribution in [3.05, 3.63) is 23.9 Å². The Morgan fingerprint density at radius 3 is 2.41 bits per heavy atom. The number of nitrogens with zero attached hydrogens (tertiary/aromatic N) is 1. The van der Waals surface area contributed by atoms with Gasteiger partial charge in [0.1, 0.15) is 11.5 Å². The monoisotopic (exact) mass is 308 g/mol. The number of nitrogens with one attached hydrogen (secondary N) is 2. The Bertz CT molecular complexity index is 570. The number of aliphatic carboxylic acids is 1. The lowest BCUT2D eigenvalue weighted by Crippen LogP contribution is -2.43. The number of primary amides is 1. The molecule has 0 aliphatic carbocycles. The van der Waals surface area contributed by atoms with Crippen LogP contribution >= 0.6 is 0 Å². The Hall–Kier alpha value is -2.64. The lowest BCUT2D eigenvalue weighted by atomic mass is 9.82. The zero-order valence-electron chi connectivity index (χ0n) is 12.5. The van der Waals surface area contributed by atoms with Crippen LogP contribution in [0.15, 0.2) is 18.2 Å². The van der Waals surface area contributed by atoms with Crippen molar-refractivity contribution in [1.82, 2.24) is 10.3 Å². The molecule has 0 aliphatic rings. The fraction of sp³-hybridized carbons (Fsp3) is 0.429. The van der Waals surface area contributed by atoms with E-state index in [9.17, 15) is 19.5 Å². The van der Waals surface area contributed by atoms with Gasteiger partial charge in [0.15, 0.2) is 0 Å². The zero-order chi connectivity index (χ0) is 16.8. The van der Waals surface area contributed by atoms with Crippen molar-refractivity contribution < 1.29 is 19.5 Å². The van der Waals surface area contributed by atoms with Gasteiger partial charge in [-0.3, -0.25) is 14.9 Å². The van der Waals surface area contributed by atoms with Gasteiger partial charge in [-0.15, -0.1) is 0 Å². The largest absolute Gasteiger partial charge is 0.481 e. The number of carbonyl (C=O) groups is 3. The van der Waals surface area contributed by atoms with Crippen LogP contribution in [0.3, 0.4) is 0 Å². The average Bonchev–Trinajstić information content (AvgIpc) is 2.48. The van der Waals surface area contributed by atoms with Gasteiger partial charge < -0.3 is 16.2 Å². The van der Waals surface area contributed by atoms with Crippen molar-refractivity contribution in [3.8, 4) is 0 Å². The molecule has 0 saturated carbocycles. The number of aromatic nitrogens is 1. The molecule has 8 heteroatoms. The molecule has 0 radical (unpaired) electrons. The first-order valence-electron chi connectivity index (χ1n) is 6.89. The Balaban J connectivity index is 2.69. The molecule has 0 aromatic carbocycles. The molecule has 1 rings (SSSR count). The van der Waals surface area contributed by atoms with Crippen LogP contribution < -0.4 is 16.4 Å². The third-order valence-electron chi connectivity index (χ3n) is 3.64. The third kappa shape index (κ3) is 4.18. The standard InChI is InChI=1S/C14H20N4O4/c1-3-14(4-2,12(20)21)8-16-13(22)18-10-7-5-6-9(17-10)11(15)19/h5-7H,3-4,8H2,1-2H3,(H2,15,19)(H,20,21)(H2,16,17,18,22). The van der Waals surface area contributed by atoms with Crippen molar-refractivity contribution in [1.29, 1.82) is 0 Å². The zero-order valence-corrected chi connectivity index (χ0v) is 12.5. The maximum Gasteiger partial charge on any atom is 0.320 e. The summed E-state index contributed by atoms with van der Waals surface area (Å²) in [7, 11) is 0. The van der Waals surface area contributed by atoms with Gasteiger partial charge in [-0.05, 0) is 25.0 Å². The van der Waals surface area contributed by atoms with E-state index in [4.69, 9.17) is 5.73 Å². The van der Waals surface area contributed by atoms with Gasteiger partial charge in [-0.25, -0.2) is 9.78 Å². The van der Waals surface area contributed by atoms with Crippen LogP contribution in [0.25, 0.3) is 0 Å². The van der Waals surface area contributed by atoms with E-state index in [1.165, 1.54) is 18.2 Å². The Morgan fingerprint density at radius 1 is 1.27 bits per heavy atom. The molecule has 0 bridgehead atoms. The maximum atomic E-state index is 11.8. The minimum Gasteiger partial charge on any atom is -0.481 e. The van der Waals surface area contributed by atoms with E-state index in [0.29, 0.717) is 12.8 Å². The number of amides is 3. The summed E-state index contributed by atoms with van der Waals surface area (Å²) in [5.41, 5.74) is 4.13. The minimum absolute atomic E-state index is 0.00330. The summed E-state index contributed by atoms with van der Waals surface area (Å²) < 4.78 is 0. The van der Waals surface area contributed by atoms with Gasteiger partial charge in [0.25, 0.3) is 5.91 Å². The van der Waals surface area contributed by atoms with E-state index in [-0.39, 0.29) is 18.1 Å². The number of hydrogen-bond acceptors (Lipinski definition) is 4. The highest BCUT2D eigenvalue weighted by Crippen LogP contribution is 2.25. The predicted molar refractivity (Wildman–Crippen MR) is 80.4 cm³/mol. The highest BCUT2D eigenvalue weighted by atomic mass is 16.4. The number of anilines is 1. The van der Waals surface area contributed by atoms with Crippen molar-refractivity contribution in [2.45, 2.75) is 26.7 Å². The summed E-state index contributed by atoms with van der Waals surface area (Å²) in [6.45, 7) is 3.51. The lowest BCUT2D eigenvalue weighted by molar-refractivity contribution is -0.149. The Kier molecular flexibility index (Phi) is 5.85. The number of carboxylic acid groups (broad SMARTS) is 1. The summed E-state index contributed by atoms with van der Waals surface area (Å²) in [6.07, 6.45) is 0.795. The van der Waals surface area contributed by atoms with Crippen molar-refractivity contribution in [2.24, 2.45) is 11.1 Å². The number of urea groups is 1. The first-order valence-corrected chi connectivity index (χ1v) is 6.89. The first kappa shape index (κ1) is 17.4. The Morgan fingerprint density at radius 2 is 1.91 bits per heavy atom. The molecule has 0 atom stereocenters.